The lowest BCUT2D eigenvalue weighted by Gasteiger charge is -2.29. The van der Waals surface area contributed by atoms with Gasteiger partial charge in [0.25, 0.3) is 0 Å². The van der Waals surface area contributed by atoms with Crippen LogP contribution in [-0.4, -0.2) is 17.7 Å². The zero-order valence-corrected chi connectivity index (χ0v) is 9.50. The molecule has 0 saturated carbocycles. The lowest BCUT2D eigenvalue weighted by molar-refractivity contribution is 0.281. The molecular weight excluding hydrogens is 193 g/mol. The molecule has 0 aliphatic carbocycles. The molecule has 1 aromatic rings. The van der Waals surface area contributed by atoms with Crippen molar-refractivity contribution < 1.29 is 9.50 Å². The molecule has 3 heteroatoms. The van der Waals surface area contributed by atoms with E-state index in [1.54, 1.807) is 6.07 Å². The van der Waals surface area contributed by atoms with Crippen LogP contribution in [0.5, 0.6) is 0 Å². The quantitative estimate of drug-likeness (QED) is 0.827. The highest BCUT2D eigenvalue weighted by Gasteiger charge is 2.12. The molecule has 0 saturated heterocycles. The van der Waals surface area contributed by atoms with E-state index in [-0.39, 0.29) is 12.4 Å². The summed E-state index contributed by atoms with van der Waals surface area (Å²) < 4.78 is 13.0. The number of nitrogens with zero attached hydrogens (tertiary/aromatic N) is 1. The highest BCUT2D eigenvalue weighted by Crippen LogP contribution is 2.23. The number of rotatable bonds is 4. The van der Waals surface area contributed by atoms with E-state index >= 15 is 0 Å². The Morgan fingerprint density at radius 3 is 2.53 bits per heavy atom. The lowest BCUT2D eigenvalue weighted by Crippen LogP contribution is -2.31. The molecule has 0 unspecified atom stereocenters. The standard InChI is InChI=1S/C12H18FNO/c1-4-14(9(2)3)12-6-5-11(13)7-10(12)8-15/h5-7,9,15H,4,8H2,1-3H3. The molecule has 0 radical (unpaired) electrons. The van der Waals surface area contributed by atoms with Gasteiger partial charge in [0.15, 0.2) is 0 Å². The maximum atomic E-state index is 13.0. The lowest BCUT2D eigenvalue weighted by atomic mass is 10.1. The number of hydrogen-bond donors (Lipinski definition) is 1. The Labute approximate surface area is 90.3 Å². The molecule has 15 heavy (non-hydrogen) atoms. The zero-order chi connectivity index (χ0) is 11.4. The average molecular weight is 211 g/mol. The van der Waals surface area contributed by atoms with Crippen molar-refractivity contribution in [3.8, 4) is 0 Å². The van der Waals surface area contributed by atoms with Crippen molar-refractivity contribution in [2.75, 3.05) is 11.4 Å². The fourth-order valence-corrected chi connectivity index (χ4v) is 1.77. The normalized spacial score (nSPS) is 10.8. The van der Waals surface area contributed by atoms with Gasteiger partial charge in [0.1, 0.15) is 5.82 Å². The minimum absolute atomic E-state index is 0.129. The van der Waals surface area contributed by atoms with E-state index < -0.39 is 0 Å². The number of anilines is 1. The molecule has 1 N–H and O–H groups in total. The van der Waals surface area contributed by atoms with Crippen LogP contribution in [0.2, 0.25) is 0 Å². The summed E-state index contributed by atoms with van der Waals surface area (Å²) in [7, 11) is 0. The van der Waals surface area contributed by atoms with E-state index in [4.69, 9.17) is 0 Å². The Morgan fingerprint density at radius 2 is 2.07 bits per heavy atom. The smallest absolute Gasteiger partial charge is 0.123 e. The Hall–Kier alpha value is -1.09. The van der Waals surface area contributed by atoms with Crippen molar-refractivity contribution in [3.05, 3.63) is 29.6 Å². The van der Waals surface area contributed by atoms with Gasteiger partial charge < -0.3 is 10.0 Å². The van der Waals surface area contributed by atoms with Crippen LogP contribution in [0, 0.1) is 5.82 Å². The van der Waals surface area contributed by atoms with Crippen LogP contribution in [0.3, 0.4) is 0 Å². The maximum Gasteiger partial charge on any atom is 0.123 e. The first-order valence-corrected chi connectivity index (χ1v) is 5.26. The molecule has 1 rings (SSSR count). The summed E-state index contributed by atoms with van der Waals surface area (Å²) in [6.45, 7) is 6.92. The predicted molar refractivity (Wildman–Crippen MR) is 60.5 cm³/mol. The van der Waals surface area contributed by atoms with Gasteiger partial charge in [-0.15, -0.1) is 0 Å². The Balaban J connectivity index is 3.11. The summed E-state index contributed by atoms with van der Waals surface area (Å²) in [5.41, 5.74) is 1.56. The molecule has 0 fully saturated rings. The van der Waals surface area contributed by atoms with Crippen molar-refractivity contribution in [2.45, 2.75) is 33.4 Å². The van der Waals surface area contributed by atoms with Gasteiger partial charge in [-0.3, -0.25) is 0 Å². The van der Waals surface area contributed by atoms with Gasteiger partial charge in [-0.2, -0.15) is 0 Å². The zero-order valence-electron chi connectivity index (χ0n) is 9.50. The largest absolute Gasteiger partial charge is 0.392 e. The Morgan fingerprint density at radius 1 is 1.40 bits per heavy atom. The highest BCUT2D eigenvalue weighted by atomic mass is 19.1. The average Bonchev–Trinajstić information content (AvgIpc) is 2.20. The number of hydrogen-bond acceptors (Lipinski definition) is 2. The van der Waals surface area contributed by atoms with E-state index in [1.165, 1.54) is 12.1 Å². The van der Waals surface area contributed by atoms with E-state index in [2.05, 4.69) is 18.7 Å². The van der Waals surface area contributed by atoms with Crippen molar-refractivity contribution in [1.82, 2.24) is 0 Å². The summed E-state index contributed by atoms with van der Waals surface area (Å²) in [6, 6.07) is 4.88. The van der Waals surface area contributed by atoms with Gasteiger partial charge in [0, 0.05) is 23.8 Å². The Bertz CT molecular complexity index is 325. The molecular formula is C12H18FNO. The second-order valence-corrected chi connectivity index (χ2v) is 3.81. The summed E-state index contributed by atoms with van der Waals surface area (Å²) in [5.74, 6) is -0.303. The molecule has 84 valence electrons. The van der Waals surface area contributed by atoms with Gasteiger partial charge in [0.05, 0.1) is 6.61 Å². The number of aliphatic hydroxyl groups is 1. The van der Waals surface area contributed by atoms with E-state index in [0.717, 1.165) is 12.2 Å². The van der Waals surface area contributed by atoms with E-state index in [0.29, 0.717) is 11.6 Å². The SMILES string of the molecule is CCN(c1ccc(F)cc1CO)C(C)C. The van der Waals surface area contributed by atoms with Crippen LogP contribution < -0.4 is 4.90 Å². The molecule has 2 nitrogen and oxygen atoms in total. The summed E-state index contributed by atoms with van der Waals surface area (Å²) >= 11 is 0. The molecule has 0 aliphatic rings. The fraction of sp³-hybridized carbons (Fsp3) is 0.500. The predicted octanol–water partition coefficient (Wildman–Crippen LogP) is 2.55. The van der Waals surface area contributed by atoms with Crippen molar-refractivity contribution in [2.24, 2.45) is 0 Å². The molecule has 0 heterocycles. The first kappa shape index (κ1) is 12.0. The number of halogens is 1. The van der Waals surface area contributed by atoms with Gasteiger partial charge in [-0.25, -0.2) is 4.39 Å². The third-order valence-electron chi connectivity index (χ3n) is 2.49. The third kappa shape index (κ3) is 2.69. The molecule has 0 aromatic heterocycles. The van der Waals surface area contributed by atoms with Crippen LogP contribution in [-0.2, 0) is 6.61 Å². The molecule has 0 aliphatic heterocycles. The second kappa shape index (κ2) is 5.12. The molecule has 0 amide bonds. The molecule has 0 bridgehead atoms. The molecule has 1 aromatic carbocycles. The van der Waals surface area contributed by atoms with Gasteiger partial charge in [0.2, 0.25) is 0 Å². The first-order chi connectivity index (χ1) is 7.10. The van der Waals surface area contributed by atoms with Crippen molar-refractivity contribution in [1.29, 1.82) is 0 Å². The number of benzene rings is 1. The maximum absolute atomic E-state index is 13.0. The van der Waals surface area contributed by atoms with Crippen LogP contribution >= 0.6 is 0 Å². The minimum atomic E-state index is -0.303. The van der Waals surface area contributed by atoms with Gasteiger partial charge >= 0.3 is 0 Å². The monoisotopic (exact) mass is 211 g/mol. The minimum Gasteiger partial charge on any atom is -0.392 e. The summed E-state index contributed by atoms with van der Waals surface area (Å²) in [4.78, 5) is 2.13. The van der Waals surface area contributed by atoms with Crippen LogP contribution in [0.4, 0.5) is 10.1 Å². The highest BCUT2D eigenvalue weighted by molar-refractivity contribution is 5.54. The van der Waals surface area contributed by atoms with Gasteiger partial charge in [-0.05, 0) is 39.0 Å². The van der Waals surface area contributed by atoms with E-state index in [9.17, 15) is 9.50 Å². The first-order valence-electron chi connectivity index (χ1n) is 5.26. The van der Waals surface area contributed by atoms with E-state index in [1.807, 2.05) is 6.92 Å². The molecule has 0 atom stereocenters. The molecule has 0 spiro atoms. The number of aliphatic hydroxyl groups excluding tert-OH is 1. The summed E-state index contributed by atoms with van der Waals surface area (Å²) in [5, 5.41) is 9.18. The fourth-order valence-electron chi connectivity index (χ4n) is 1.77. The topological polar surface area (TPSA) is 23.5 Å². The van der Waals surface area contributed by atoms with Crippen LogP contribution in [0.15, 0.2) is 18.2 Å². The summed E-state index contributed by atoms with van der Waals surface area (Å²) in [6.07, 6.45) is 0. The van der Waals surface area contributed by atoms with Crippen molar-refractivity contribution in [3.63, 3.8) is 0 Å². The van der Waals surface area contributed by atoms with Crippen molar-refractivity contribution >= 4 is 5.69 Å². The van der Waals surface area contributed by atoms with Crippen LogP contribution in [0.25, 0.3) is 0 Å². The second-order valence-electron chi connectivity index (χ2n) is 3.81. The van der Waals surface area contributed by atoms with Gasteiger partial charge in [-0.1, -0.05) is 0 Å². The third-order valence-corrected chi connectivity index (χ3v) is 2.49. The van der Waals surface area contributed by atoms with Crippen LogP contribution in [0.1, 0.15) is 26.3 Å². The Kier molecular flexibility index (Phi) is 4.09.